The first-order valence-corrected chi connectivity index (χ1v) is 7.15. The number of hydrogen-bond acceptors (Lipinski definition) is 5. The van der Waals surface area contributed by atoms with Gasteiger partial charge in [0, 0.05) is 18.1 Å². The van der Waals surface area contributed by atoms with Crippen LogP contribution in [0.25, 0.3) is 0 Å². The van der Waals surface area contributed by atoms with Crippen molar-refractivity contribution in [2.75, 3.05) is 6.79 Å². The van der Waals surface area contributed by atoms with Gasteiger partial charge >= 0.3 is 0 Å². The van der Waals surface area contributed by atoms with E-state index >= 15 is 0 Å². The Balaban J connectivity index is 1.90. The second kappa shape index (κ2) is 5.77. The van der Waals surface area contributed by atoms with E-state index in [9.17, 15) is 0 Å². The average molecular weight is 307 g/mol. The minimum absolute atomic E-state index is 0.234. The lowest BCUT2D eigenvalue weighted by molar-refractivity contribution is 0.174. The van der Waals surface area contributed by atoms with Gasteiger partial charge in [-0.3, -0.25) is 0 Å². The average Bonchev–Trinajstić information content (AvgIpc) is 2.92. The third kappa shape index (κ3) is 2.88. The van der Waals surface area contributed by atoms with Crippen LogP contribution in [-0.2, 0) is 6.42 Å². The molecule has 0 bridgehead atoms. The van der Waals surface area contributed by atoms with Crippen LogP contribution in [0.2, 0.25) is 5.15 Å². The number of hydrogen-bond donors (Lipinski definition) is 0. The van der Waals surface area contributed by atoms with Crippen LogP contribution in [0.1, 0.15) is 24.7 Å². The number of ether oxygens (including phenoxy) is 3. The first-order valence-electron chi connectivity index (χ1n) is 6.78. The molecule has 1 aliphatic heterocycles. The van der Waals surface area contributed by atoms with Crippen LogP contribution in [0.15, 0.2) is 18.2 Å². The summed E-state index contributed by atoms with van der Waals surface area (Å²) in [4.78, 5) is 8.67. The highest BCUT2D eigenvalue weighted by Gasteiger charge is 2.16. The van der Waals surface area contributed by atoms with Gasteiger partial charge in [0.15, 0.2) is 11.5 Å². The maximum Gasteiger partial charge on any atom is 0.231 e. The molecule has 21 heavy (non-hydrogen) atoms. The Morgan fingerprint density at radius 3 is 2.86 bits per heavy atom. The number of aryl methyl sites for hydroxylation is 1. The van der Waals surface area contributed by atoms with E-state index < -0.39 is 0 Å². The Kier molecular flexibility index (Phi) is 3.84. The molecule has 5 nitrogen and oxygen atoms in total. The molecule has 1 aliphatic rings. The van der Waals surface area contributed by atoms with Crippen LogP contribution >= 0.6 is 11.6 Å². The largest absolute Gasteiger partial charge is 0.454 e. The van der Waals surface area contributed by atoms with Crippen LogP contribution in [0, 0.1) is 6.92 Å². The highest BCUT2D eigenvalue weighted by molar-refractivity contribution is 6.30. The second-order valence-corrected chi connectivity index (χ2v) is 5.09. The third-order valence-corrected chi connectivity index (χ3v) is 3.49. The van der Waals surface area contributed by atoms with Crippen LogP contribution in [0.5, 0.6) is 23.1 Å². The van der Waals surface area contributed by atoms with Crippen LogP contribution in [0.4, 0.5) is 0 Å². The maximum absolute atomic E-state index is 6.14. The molecule has 0 N–H and O–H groups in total. The number of nitrogens with zero attached hydrogens (tertiary/aromatic N) is 2. The zero-order chi connectivity index (χ0) is 14.8. The number of rotatable bonds is 4. The van der Waals surface area contributed by atoms with Crippen molar-refractivity contribution in [3.63, 3.8) is 0 Å². The monoisotopic (exact) mass is 306 g/mol. The highest BCUT2D eigenvalue weighted by Crippen LogP contribution is 2.37. The zero-order valence-corrected chi connectivity index (χ0v) is 12.6. The number of halogens is 1. The van der Waals surface area contributed by atoms with Gasteiger partial charge in [-0.2, -0.15) is 4.98 Å². The van der Waals surface area contributed by atoms with E-state index in [4.69, 9.17) is 25.8 Å². The molecule has 3 rings (SSSR count). The Morgan fingerprint density at radius 2 is 2.05 bits per heavy atom. The fourth-order valence-corrected chi connectivity index (χ4v) is 2.18. The van der Waals surface area contributed by atoms with Gasteiger partial charge in [0.25, 0.3) is 0 Å². The predicted octanol–water partition coefficient (Wildman–Crippen LogP) is 3.91. The molecule has 0 amide bonds. The van der Waals surface area contributed by atoms with Gasteiger partial charge in [-0.1, -0.05) is 18.5 Å². The molecule has 0 saturated carbocycles. The van der Waals surface area contributed by atoms with Crippen molar-refractivity contribution in [1.82, 2.24) is 9.97 Å². The molecule has 0 atom stereocenters. The van der Waals surface area contributed by atoms with Crippen molar-refractivity contribution in [2.45, 2.75) is 26.7 Å². The van der Waals surface area contributed by atoms with Gasteiger partial charge in [-0.05, 0) is 25.5 Å². The fraction of sp³-hybridized carbons (Fsp3) is 0.333. The Bertz CT molecular complexity index is 676. The predicted molar refractivity (Wildman–Crippen MR) is 78.4 cm³/mol. The van der Waals surface area contributed by atoms with E-state index in [1.54, 1.807) is 6.07 Å². The Morgan fingerprint density at radius 1 is 1.24 bits per heavy atom. The smallest absolute Gasteiger partial charge is 0.231 e. The van der Waals surface area contributed by atoms with Crippen molar-refractivity contribution >= 4 is 11.6 Å². The minimum atomic E-state index is 0.234. The number of aromatic nitrogens is 2. The molecule has 0 unspecified atom stereocenters. The molecular weight excluding hydrogens is 292 g/mol. The molecular formula is C15H15ClN2O3. The van der Waals surface area contributed by atoms with Crippen molar-refractivity contribution in [2.24, 2.45) is 0 Å². The molecule has 0 spiro atoms. The molecule has 6 heteroatoms. The lowest BCUT2D eigenvalue weighted by atomic mass is 10.3. The van der Waals surface area contributed by atoms with Gasteiger partial charge in [0.1, 0.15) is 16.7 Å². The lowest BCUT2D eigenvalue weighted by Crippen LogP contribution is -2.01. The van der Waals surface area contributed by atoms with Crippen LogP contribution in [-0.4, -0.2) is 16.8 Å². The van der Waals surface area contributed by atoms with E-state index in [1.807, 2.05) is 19.1 Å². The fourth-order valence-electron chi connectivity index (χ4n) is 2.00. The lowest BCUT2D eigenvalue weighted by Gasteiger charge is -2.10. The van der Waals surface area contributed by atoms with Crippen molar-refractivity contribution in [3.8, 4) is 23.1 Å². The summed E-state index contributed by atoms with van der Waals surface area (Å²) in [5, 5.41) is 0.421. The molecule has 2 heterocycles. The highest BCUT2D eigenvalue weighted by atomic mass is 35.5. The van der Waals surface area contributed by atoms with Crippen molar-refractivity contribution in [3.05, 3.63) is 34.7 Å². The molecule has 0 saturated heterocycles. The maximum atomic E-state index is 6.14. The third-order valence-electron chi connectivity index (χ3n) is 3.12. The summed E-state index contributed by atoms with van der Waals surface area (Å²) in [7, 11) is 0. The Hall–Kier alpha value is -2.01. The molecule has 0 fully saturated rings. The summed E-state index contributed by atoms with van der Waals surface area (Å²) in [5.41, 5.74) is 0.717. The first kappa shape index (κ1) is 13.9. The summed E-state index contributed by atoms with van der Waals surface area (Å²) >= 11 is 6.14. The normalized spacial score (nSPS) is 12.5. The van der Waals surface area contributed by atoms with E-state index in [2.05, 4.69) is 16.9 Å². The van der Waals surface area contributed by atoms with Gasteiger partial charge in [0.05, 0.1) is 0 Å². The zero-order valence-electron chi connectivity index (χ0n) is 11.9. The molecule has 1 aromatic heterocycles. The SMILES string of the molecule is CCCc1nc(Cl)c(C)c(Oc2ccc3c(c2)OCO3)n1. The van der Waals surface area contributed by atoms with Gasteiger partial charge in [0.2, 0.25) is 12.7 Å². The summed E-state index contributed by atoms with van der Waals surface area (Å²) in [6, 6.07) is 5.39. The topological polar surface area (TPSA) is 53.5 Å². The van der Waals surface area contributed by atoms with Gasteiger partial charge in [-0.25, -0.2) is 4.98 Å². The summed E-state index contributed by atoms with van der Waals surface area (Å²) < 4.78 is 16.4. The molecule has 0 radical (unpaired) electrons. The molecule has 2 aromatic rings. The van der Waals surface area contributed by atoms with E-state index in [0.717, 1.165) is 12.8 Å². The van der Waals surface area contributed by atoms with Crippen molar-refractivity contribution < 1.29 is 14.2 Å². The summed E-state index contributed by atoms with van der Waals surface area (Å²) in [6.45, 7) is 4.13. The van der Waals surface area contributed by atoms with E-state index in [1.165, 1.54) is 0 Å². The first-order chi connectivity index (χ1) is 10.2. The van der Waals surface area contributed by atoms with E-state index in [0.29, 0.717) is 39.7 Å². The van der Waals surface area contributed by atoms with Gasteiger partial charge < -0.3 is 14.2 Å². The summed E-state index contributed by atoms with van der Waals surface area (Å²) in [5.74, 6) is 3.16. The number of fused-ring (bicyclic) bond motifs is 1. The van der Waals surface area contributed by atoms with E-state index in [-0.39, 0.29) is 6.79 Å². The van der Waals surface area contributed by atoms with Crippen LogP contribution < -0.4 is 14.2 Å². The summed E-state index contributed by atoms with van der Waals surface area (Å²) in [6.07, 6.45) is 1.71. The standard InChI is InChI=1S/C15H15ClN2O3/c1-3-4-13-17-14(16)9(2)15(18-13)21-10-5-6-11-12(7-10)20-8-19-11/h5-7H,3-4,8H2,1-2H3. The minimum Gasteiger partial charge on any atom is -0.454 e. The van der Waals surface area contributed by atoms with Crippen molar-refractivity contribution in [1.29, 1.82) is 0 Å². The Labute approximate surface area is 127 Å². The molecule has 1 aromatic carbocycles. The van der Waals surface area contributed by atoms with Crippen LogP contribution in [0.3, 0.4) is 0 Å². The molecule has 0 aliphatic carbocycles. The second-order valence-electron chi connectivity index (χ2n) is 4.73. The molecule has 110 valence electrons. The quantitative estimate of drug-likeness (QED) is 0.802. The number of benzene rings is 1. The van der Waals surface area contributed by atoms with Gasteiger partial charge in [-0.15, -0.1) is 0 Å².